The Balaban J connectivity index is 1.37. The van der Waals surface area contributed by atoms with Gasteiger partial charge in [0.25, 0.3) is 0 Å². The summed E-state index contributed by atoms with van der Waals surface area (Å²) in [5, 5.41) is 31.0. The number of fused-ring (bicyclic) bond motifs is 1. The Morgan fingerprint density at radius 1 is 1.29 bits per heavy atom. The van der Waals surface area contributed by atoms with Gasteiger partial charge in [-0.1, -0.05) is 0 Å². The molecule has 1 saturated heterocycles. The standard InChI is InChI=1S/C24H24N4O6/c1-14(29)19-10-15(12-25)11-20-22(19)34-23(27-20)16-2-4-17(5-3-16)26-21(30)13-33-18-6-8-28(9-7-18)24(31)32/h2-5,10-11,14,18,29H,6-9,13H2,1H3,(H,26,30)(H,31,32). The molecule has 34 heavy (non-hydrogen) atoms. The number of likely N-dealkylation sites (tertiary alicyclic amines) is 1. The number of anilines is 1. The predicted molar refractivity (Wildman–Crippen MR) is 122 cm³/mol. The van der Waals surface area contributed by atoms with Crippen LogP contribution in [-0.4, -0.2) is 57.9 Å². The van der Waals surface area contributed by atoms with Gasteiger partial charge in [-0.25, -0.2) is 9.78 Å². The molecule has 10 heteroatoms. The lowest BCUT2D eigenvalue weighted by atomic mass is 10.1. The van der Waals surface area contributed by atoms with E-state index in [9.17, 15) is 20.0 Å². The number of carboxylic acid groups (broad SMARTS) is 1. The zero-order chi connectivity index (χ0) is 24.2. The summed E-state index contributed by atoms with van der Waals surface area (Å²) in [5.41, 5.74) is 3.03. The lowest BCUT2D eigenvalue weighted by Crippen LogP contribution is -2.40. The highest BCUT2D eigenvalue weighted by molar-refractivity contribution is 5.92. The minimum Gasteiger partial charge on any atom is -0.465 e. The van der Waals surface area contributed by atoms with Crippen LogP contribution in [0.3, 0.4) is 0 Å². The first-order valence-corrected chi connectivity index (χ1v) is 10.9. The van der Waals surface area contributed by atoms with E-state index in [4.69, 9.17) is 14.3 Å². The second-order valence-corrected chi connectivity index (χ2v) is 8.13. The van der Waals surface area contributed by atoms with Gasteiger partial charge in [-0.2, -0.15) is 5.26 Å². The third-order valence-electron chi connectivity index (χ3n) is 5.68. The Labute approximate surface area is 195 Å². The van der Waals surface area contributed by atoms with Gasteiger partial charge in [-0.3, -0.25) is 4.79 Å². The number of aliphatic hydroxyl groups is 1. The molecule has 2 aromatic carbocycles. The molecule has 4 rings (SSSR count). The highest BCUT2D eigenvalue weighted by atomic mass is 16.5. The molecule has 0 radical (unpaired) electrons. The minimum atomic E-state index is -0.937. The van der Waals surface area contributed by atoms with Crippen molar-refractivity contribution in [2.75, 3.05) is 25.0 Å². The van der Waals surface area contributed by atoms with E-state index in [0.717, 1.165) is 0 Å². The fourth-order valence-electron chi connectivity index (χ4n) is 3.86. The second-order valence-electron chi connectivity index (χ2n) is 8.13. The second kappa shape index (κ2) is 9.91. The van der Waals surface area contributed by atoms with Crippen LogP contribution in [0, 0.1) is 11.3 Å². The number of hydrogen-bond donors (Lipinski definition) is 3. The Kier molecular flexibility index (Phi) is 6.77. The van der Waals surface area contributed by atoms with Crippen molar-refractivity contribution < 1.29 is 29.0 Å². The van der Waals surface area contributed by atoms with E-state index in [0.29, 0.717) is 65.3 Å². The van der Waals surface area contributed by atoms with Crippen LogP contribution >= 0.6 is 0 Å². The lowest BCUT2D eigenvalue weighted by Gasteiger charge is -2.29. The lowest BCUT2D eigenvalue weighted by molar-refractivity contribution is -0.123. The highest BCUT2D eigenvalue weighted by Crippen LogP contribution is 2.31. The number of benzene rings is 2. The van der Waals surface area contributed by atoms with Crippen LogP contribution in [0.15, 0.2) is 40.8 Å². The Bertz CT molecular complexity index is 1240. The highest BCUT2D eigenvalue weighted by Gasteiger charge is 2.23. The van der Waals surface area contributed by atoms with Crippen LogP contribution in [0.1, 0.15) is 37.0 Å². The van der Waals surface area contributed by atoms with Crippen LogP contribution in [0.5, 0.6) is 0 Å². The fourth-order valence-corrected chi connectivity index (χ4v) is 3.86. The van der Waals surface area contributed by atoms with Crippen LogP contribution in [0.2, 0.25) is 0 Å². The average Bonchev–Trinajstić information content (AvgIpc) is 3.26. The van der Waals surface area contributed by atoms with Crippen molar-refractivity contribution in [3.05, 3.63) is 47.5 Å². The molecule has 1 unspecified atom stereocenters. The maximum absolute atomic E-state index is 12.2. The average molecular weight is 464 g/mol. The molecule has 1 aliphatic rings. The Morgan fingerprint density at radius 3 is 2.62 bits per heavy atom. The number of carbonyl (C=O) groups excluding carboxylic acids is 1. The van der Waals surface area contributed by atoms with Crippen molar-refractivity contribution in [3.8, 4) is 17.5 Å². The van der Waals surface area contributed by atoms with E-state index in [-0.39, 0.29) is 18.6 Å². The summed E-state index contributed by atoms with van der Waals surface area (Å²) in [6.07, 6.45) is -0.776. The first-order chi connectivity index (χ1) is 16.3. The van der Waals surface area contributed by atoms with Crippen LogP contribution in [0.4, 0.5) is 10.5 Å². The molecule has 2 heterocycles. The third kappa shape index (κ3) is 5.17. The first-order valence-electron chi connectivity index (χ1n) is 10.9. The number of nitriles is 1. The molecular formula is C24H24N4O6. The van der Waals surface area contributed by atoms with Gasteiger partial charge < -0.3 is 29.6 Å². The van der Waals surface area contributed by atoms with E-state index < -0.39 is 12.2 Å². The summed E-state index contributed by atoms with van der Waals surface area (Å²) in [5.74, 6) is 0.0294. The number of hydrogen-bond acceptors (Lipinski definition) is 7. The number of oxazole rings is 1. The molecule has 0 aliphatic carbocycles. The third-order valence-corrected chi connectivity index (χ3v) is 5.68. The summed E-state index contributed by atoms with van der Waals surface area (Å²) >= 11 is 0. The van der Waals surface area contributed by atoms with Crippen molar-refractivity contribution in [1.29, 1.82) is 5.26 Å². The SMILES string of the molecule is CC(O)c1cc(C#N)cc2nc(-c3ccc(NC(=O)COC4CCN(C(=O)O)CC4)cc3)oc12. The molecule has 3 N–H and O–H groups in total. The zero-order valence-electron chi connectivity index (χ0n) is 18.5. The molecule has 0 spiro atoms. The van der Waals surface area contributed by atoms with Gasteiger partial charge in [-0.15, -0.1) is 0 Å². The normalized spacial score (nSPS) is 15.1. The Hall–Kier alpha value is -3.94. The number of nitrogens with one attached hydrogen (secondary N) is 1. The van der Waals surface area contributed by atoms with Crippen molar-refractivity contribution in [2.45, 2.75) is 32.0 Å². The fraction of sp³-hybridized carbons (Fsp3) is 0.333. The molecule has 3 aromatic rings. The maximum Gasteiger partial charge on any atom is 0.407 e. The number of ether oxygens (including phenoxy) is 1. The van der Waals surface area contributed by atoms with Crippen molar-refractivity contribution in [1.82, 2.24) is 9.88 Å². The largest absolute Gasteiger partial charge is 0.465 e. The number of nitrogens with zero attached hydrogens (tertiary/aromatic N) is 3. The number of piperidine rings is 1. The molecule has 176 valence electrons. The summed E-state index contributed by atoms with van der Waals surface area (Å²) in [4.78, 5) is 29.0. The molecule has 0 saturated carbocycles. The van der Waals surface area contributed by atoms with Gasteiger partial charge in [0.2, 0.25) is 11.8 Å². The van der Waals surface area contributed by atoms with Crippen LogP contribution in [-0.2, 0) is 9.53 Å². The van der Waals surface area contributed by atoms with Crippen molar-refractivity contribution >= 4 is 28.8 Å². The van der Waals surface area contributed by atoms with Gasteiger partial charge in [0.1, 0.15) is 12.1 Å². The number of aliphatic hydroxyl groups excluding tert-OH is 1. The van der Waals surface area contributed by atoms with Crippen molar-refractivity contribution in [3.63, 3.8) is 0 Å². The van der Waals surface area contributed by atoms with Crippen LogP contribution in [0.25, 0.3) is 22.6 Å². The van der Waals surface area contributed by atoms with E-state index in [1.165, 1.54) is 4.90 Å². The summed E-state index contributed by atoms with van der Waals surface area (Å²) in [7, 11) is 0. The molecule has 10 nitrogen and oxygen atoms in total. The van der Waals surface area contributed by atoms with Gasteiger partial charge in [-0.05, 0) is 56.2 Å². The van der Waals surface area contributed by atoms with Crippen LogP contribution < -0.4 is 5.32 Å². The van der Waals surface area contributed by atoms with E-state index in [2.05, 4.69) is 16.4 Å². The molecular weight excluding hydrogens is 440 g/mol. The molecule has 1 aromatic heterocycles. The monoisotopic (exact) mass is 464 g/mol. The van der Waals surface area contributed by atoms with Crippen molar-refractivity contribution in [2.24, 2.45) is 0 Å². The summed E-state index contributed by atoms with van der Waals surface area (Å²) < 4.78 is 11.5. The van der Waals surface area contributed by atoms with E-state index in [1.54, 1.807) is 43.3 Å². The molecule has 2 amide bonds. The number of rotatable bonds is 6. The van der Waals surface area contributed by atoms with Gasteiger partial charge >= 0.3 is 6.09 Å². The quantitative estimate of drug-likeness (QED) is 0.502. The minimum absolute atomic E-state index is 0.117. The first kappa shape index (κ1) is 23.2. The summed E-state index contributed by atoms with van der Waals surface area (Å²) in [6.45, 7) is 2.27. The smallest absolute Gasteiger partial charge is 0.407 e. The maximum atomic E-state index is 12.2. The van der Waals surface area contributed by atoms with E-state index in [1.807, 2.05) is 0 Å². The molecule has 1 atom stereocenters. The zero-order valence-corrected chi connectivity index (χ0v) is 18.5. The number of amides is 2. The van der Waals surface area contributed by atoms with Gasteiger partial charge in [0, 0.05) is 29.9 Å². The number of carbonyl (C=O) groups is 2. The van der Waals surface area contributed by atoms with Gasteiger partial charge in [0.15, 0.2) is 5.58 Å². The molecule has 0 bridgehead atoms. The molecule has 1 fully saturated rings. The summed E-state index contributed by atoms with van der Waals surface area (Å²) in [6, 6.07) is 12.2. The predicted octanol–water partition coefficient (Wildman–Crippen LogP) is 3.52. The Morgan fingerprint density at radius 2 is 2.00 bits per heavy atom. The molecule has 1 aliphatic heterocycles. The van der Waals surface area contributed by atoms with E-state index >= 15 is 0 Å². The number of aromatic nitrogens is 1. The topological polar surface area (TPSA) is 149 Å². The van der Waals surface area contributed by atoms with Gasteiger partial charge in [0.05, 0.1) is 23.8 Å².